The maximum atomic E-state index is 12.6. The number of anilines is 1. The van der Waals surface area contributed by atoms with Crippen molar-refractivity contribution in [1.29, 1.82) is 0 Å². The molecular formula is C15H20N4O. The van der Waals surface area contributed by atoms with Gasteiger partial charge in [-0.1, -0.05) is 11.6 Å². The Labute approximate surface area is 119 Å². The van der Waals surface area contributed by atoms with Crippen LogP contribution in [0.4, 0.5) is 5.69 Å². The molecule has 0 spiro atoms. The molecule has 1 aromatic heterocycles. The molecule has 2 rings (SSSR count). The molecule has 0 radical (unpaired) electrons. The molecule has 0 aliphatic heterocycles. The van der Waals surface area contributed by atoms with Crippen molar-refractivity contribution in [2.45, 2.75) is 20.4 Å². The van der Waals surface area contributed by atoms with Crippen LogP contribution in [-0.2, 0) is 6.54 Å². The van der Waals surface area contributed by atoms with Crippen molar-refractivity contribution in [3.8, 4) is 0 Å². The number of amides is 1. The van der Waals surface area contributed by atoms with Gasteiger partial charge in [-0.2, -0.15) is 0 Å². The molecule has 20 heavy (non-hydrogen) atoms. The SMILES string of the molecule is CCNc1ccc(C)cc1C(=O)N(C)Cc1ncc[nH]1. The highest BCUT2D eigenvalue weighted by molar-refractivity contribution is 5.99. The third kappa shape index (κ3) is 3.17. The zero-order valence-corrected chi connectivity index (χ0v) is 12.1. The predicted octanol–water partition coefficient (Wildman–Crippen LogP) is 2.42. The maximum Gasteiger partial charge on any atom is 0.256 e. The molecule has 2 N–H and O–H groups in total. The third-order valence-electron chi connectivity index (χ3n) is 3.06. The van der Waals surface area contributed by atoms with Crippen LogP contribution in [0.1, 0.15) is 28.7 Å². The van der Waals surface area contributed by atoms with Crippen LogP contribution >= 0.6 is 0 Å². The van der Waals surface area contributed by atoms with Crippen LogP contribution < -0.4 is 5.32 Å². The van der Waals surface area contributed by atoms with Crippen molar-refractivity contribution >= 4 is 11.6 Å². The third-order valence-corrected chi connectivity index (χ3v) is 3.06. The van der Waals surface area contributed by atoms with E-state index in [0.717, 1.165) is 23.6 Å². The molecule has 0 saturated heterocycles. The van der Waals surface area contributed by atoms with Crippen LogP contribution in [0.15, 0.2) is 30.6 Å². The average Bonchev–Trinajstić information content (AvgIpc) is 2.93. The summed E-state index contributed by atoms with van der Waals surface area (Å²) in [5, 5.41) is 3.23. The second-order valence-electron chi connectivity index (χ2n) is 4.78. The highest BCUT2D eigenvalue weighted by atomic mass is 16.2. The first-order valence-electron chi connectivity index (χ1n) is 6.70. The fourth-order valence-corrected chi connectivity index (χ4v) is 2.07. The molecule has 0 bridgehead atoms. The number of nitrogens with zero attached hydrogens (tertiary/aromatic N) is 2. The smallest absolute Gasteiger partial charge is 0.256 e. The van der Waals surface area contributed by atoms with Crippen LogP contribution in [0.5, 0.6) is 0 Å². The van der Waals surface area contributed by atoms with Gasteiger partial charge in [0, 0.05) is 31.7 Å². The number of aryl methyl sites for hydroxylation is 1. The first kappa shape index (κ1) is 14.1. The maximum absolute atomic E-state index is 12.6. The van der Waals surface area contributed by atoms with Crippen molar-refractivity contribution in [2.75, 3.05) is 18.9 Å². The molecule has 0 aliphatic rings. The molecule has 1 amide bonds. The topological polar surface area (TPSA) is 61.0 Å². The Morgan fingerprint density at radius 2 is 2.25 bits per heavy atom. The first-order chi connectivity index (χ1) is 9.61. The van der Waals surface area contributed by atoms with Crippen LogP contribution in [0.3, 0.4) is 0 Å². The summed E-state index contributed by atoms with van der Waals surface area (Å²) in [4.78, 5) is 21.4. The Morgan fingerprint density at radius 1 is 1.45 bits per heavy atom. The van der Waals surface area contributed by atoms with Gasteiger partial charge in [-0.25, -0.2) is 4.98 Å². The molecule has 5 heteroatoms. The molecule has 0 aliphatic carbocycles. The van der Waals surface area contributed by atoms with Crippen molar-refractivity contribution in [3.63, 3.8) is 0 Å². The Morgan fingerprint density at radius 3 is 2.90 bits per heavy atom. The van der Waals surface area contributed by atoms with E-state index in [-0.39, 0.29) is 5.91 Å². The van der Waals surface area contributed by atoms with Crippen LogP contribution in [0.2, 0.25) is 0 Å². The van der Waals surface area contributed by atoms with Gasteiger partial charge in [0.25, 0.3) is 5.91 Å². The van der Waals surface area contributed by atoms with E-state index in [4.69, 9.17) is 0 Å². The highest BCUT2D eigenvalue weighted by Gasteiger charge is 2.16. The van der Waals surface area contributed by atoms with Crippen molar-refractivity contribution in [2.24, 2.45) is 0 Å². The van der Waals surface area contributed by atoms with E-state index in [9.17, 15) is 4.79 Å². The molecule has 0 fully saturated rings. The number of H-pyrrole nitrogens is 1. The Hall–Kier alpha value is -2.30. The lowest BCUT2D eigenvalue weighted by molar-refractivity contribution is 0.0782. The summed E-state index contributed by atoms with van der Waals surface area (Å²) in [6.45, 7) is 5.25. The fourth-order valence-electron chi connectivity index (χ4n) is 2.07. The van der Waals surface area contributed by atoms with Gasteiger partial charge >= 0.3 is 0 Å². The molecular weight excluding hydrogens is 252 g/mol. The first-order valence-corrected chi connectivity index (χ1v) is 6.70. The molecule has 106 valence electrons. The summed E-state index contributed by atoms with van der Waals surface area (Å²) >= 11 is 0. The van der Waals surface area contributed by atoms with E-state index in [1.807, 2.05) is 32.0 Å². The molecule has 0 saturated carbocycles. The number of carbonyl (C=O) groups excluding carboxylic acids is 1. The number of nitrogens with one attached hydrogen (secondary N) is 2. The summed E-state index contributed by atoms with van der Waals surface area (Å²) < 4.78 is 0. The summed E-state index contributed by atoms with van der Waals surface area (Å²) in [7, 11) is 1.78. The zero-order valence-electron chi connectivity index (χ0n) is 12.1. The summed E-state index contributed by atoms with van der Waals surface area (Å²) in [6, 6.07) is 5.87. The normalized spacial score (nSPS) is 10.3. The minimum atomic E-state index is -0.0129. The lowest BCUT2D eigenvalue weighted by Gasteiger charge is -2.19. The summed E-state index contributed by atoms with van der Waals surface area (Å²) in [5.74, 6) is 0.763. The van der Waals surface area contributed by atoms with Gasteiger partial charge in [0.1, 0.15) is 5.82 Å². The summed E-state index contributed by atoms with van der Waals surface area (Å²) in [5.41, 5.74) is 2.64. The van der Waals surface area contributed by atoms with Gasteiger partial charge in [0.15, 0.2) is 0 Å². The second-order valence-corrected chi connectivity index (χ2v) is 4.78. The Bertz CT molecular complexity index is 578. The lowest BCUT2D eigenvalue weighted by Crippen LogP contribution is -2.27. The number of benzene rings is 1. The number of carbonyl (C=O) groups is 1. The standard InChI is InChI=1S/C15H20N4O/c1-4-16-13-6-5-11(2)9-12(13)15(20)19(3)10-14-17-7-8-18-14/h5-9,16H,4,10H2,1-3H3,(H,17,18). The number of aromatic amines is 1. The van der Waals surface area contributed by atoms with Crippen LogP contribution in [0.25, 0.3) is 0 Å². The number of hydrogen-bond donors (Lipinski definition) is 2. The Kier molecular flexibility index (Phi) is 4.40. The van der Waals surface area contributed by atoms with E-state index >= 15 is 0 Å². The Balaban J connectivity index is 2.21. The number of aromatic nitrogens is 2. The quantitative estimate of drug-likeness (QED) is 0.878. The van der Waals surface area contributed by atoms with Crippen molar-refractivity contribution in [3.05, 3.63) is 47.5 Å². The van der Waals surface area contributed by atoms with Crippen molar-refractivity contribution in [1.82, 2.24) is 14.9 Å². The average molecular weight is 272 g/mol. The van der Waals surface area contributed by atoms with E-state index in [2.05, 4.69) is 15.3 Å². The second kappa shape index (κ2) is 6.23. The summed E-state index contributed by atoms with van der Waals surface area (Å²) in [6.07, 6.45) is 3.44. The zero-order chi connectivity index (χ0) is 14.5. The van der Waals surface area contributed by atoms with Gasteiger partial charge in [0.05, 0.1) is 12.1 Å². The van der Waals surface area contributed by atoms with E-state index < -0.39 is 0 Å². The van der Waals surface area contributed by atoms with Crippen LogP contribution in [0, 0.1) is 6.92 Å². The van der Waals surface area contributed by atoms with Crippen LogP contribution in [-0.4, -0.2) is 34.4 Å². The van der Waals surface area contributed by atoms with Crippen molar-refractivity contribution < 1.29 is 4.79 Å². The van der Waals surface area contributed by atoms with Gasteiger partial charge < -0.3 is 15.2 Å². The molecule has 1 heterocycles. The van der Waals surface area contributed by atoms with E-state index in [1.54, 1.807) is 24.3 Å². The predicted molar refractivity (Wildman–Crippen MR) is 79.7 cm³/mol. The van der Waals surface area contributed by atoms with E-state index in [1.165, 1.54) is 0 Å². The minimum Gasteiger partial charge on any atom is -0.385 e. The molecule has 5 nitrogen and oxygen atoms in total. The molecule has 0 atom stereocenters. The molecule has 0 unspecified atom stereocenters. The van der Waals surface area contributed by atoms with E-state index in [0.29, 0.717) is 12.1 Å². The molecule has 2 aromatic rings. The molecule has 1 aromatic carbocycles. The number of imidazole rings is 1. The largest absolute Gasteiger partial charge is 0.385 e. The monoisotopic (exact) mass is 272 g/mol. The minimum absolute atomic E-state index is 0.0129. The fraction of sp³-hybridized carbons (Fsp3) is 0.333. The van der Waals surface area contributed by atoms with Gasteiger partial charge in [-0.3, -0.25) is 4.79 Å². The number of hydrogen-bond acceptors (Lipinski definition) is 3. The van der Waals surface area contributed by atoms with Gasteiger partial charge in [0.2, 0.25) is 0 Å². The highest BCUT2D eigenvalue weighted by Crippen LogP contribution is 2.19. The lowest BCUT2D eigenvalue weighted by atomic mass is 10.1. The van der Waals surface area contributed by atoms with Gasteiger partial charge in [-0.05, 0) is 26.0 Å². The van der Waals surface area contributed by atoms with Gasteiger partial charge in [-0.15, -0.1) is 0 Å². The number of rotatable bonds is 5.